The summed E-state index contributed by atoms with van der Waals surface area (Å²) in [4.78, 5) is 4.88. The van der Waals surface area contributed by atoms with Crippen LogP contribution in [-0.2, 0) is 0 Å². The van der Waals surface area contributed by atoms with Gasteiger partial charge in [0.05, 0.1) is 0 Å². The summed E-state index contributed by atoms with van der Waals surface area (Å²) in [5.74, 6) is 0. The van der Waals surface area contributed by atoms with E-state index in [-0.39, 0.29) is 6.04 Å². The van der Waals surface area contributed by atoms with Gasteiger partial charge >= 0.3 is 0 Å². The minimum Gasteiger partial charge on any atom is -0.370 e. The number of nitrogens with two attached hydrogens (primary N) is 1. The zero-order valence-corrected chi connectivity index (χ0v) is 11.6. The van der Waals surface area contributed by atoms with E-state index in [9.17, 15) is 0 Å². The van der Waals surface area contributed by atoms with E-state index in [0.717, 1.165) is 26.1 Å². The summed E-state index contributed by atoms with van der Waals surface area (Å²) in [6, 6.07) is 8.97. The minimum absolute atomic E-state index is 0.175. The van der Waals surface area contributed by atoms with Crippen LogP contribution in [-0.4, -0.2) is 38.1 Å². The number of hydrogen-bond acceptors (Lipinski definition) is 3. The van der Waals surface area contributed by atoms with Crippen LogP contribution in [0.25, 0.3) is 0 Å². The molecule has 1 fully saturated rings. The molecule has 2 rings (SSSR count). The van der Waals surface area contributed by atoms with Crippen LogP contribution in [0.15, 0.2) is 24.3 Å². The molecule has 0 amide bonds. The number of benzene rings is 1. The molecule has 1 atom stereocenters. The van der Waals surface area contributed by atoms with Crippen molar-refractivity contribution in [3.8, 4) is 0 Å². The van der Waals surface area contributed by atoms with Gasteiger partial charge in [-0.3, -0.25) is 0 Å². The monoisotopic (exact) mass is 247 g/mol. The van der Waals surface area contributed by atoms with Crippen LogP contribution in [0.1, 0.15) is 31.4 Å². The van der Waals surface area contributed by atoms with E-state index in [1.165, 1.54) is 24.2 Å². The zero-order chi connectivity index (χ0) is 13.0. The molecule has 1 saturated heterocycles. The molecule has 100 valence electrons. The van der Waals surface area contributed by atoms with Gasteiger partial charge in [0.25, 0.3) is 0 Å². The molecule has 1 unspecified atom stereocenters. The van der Waals surface area contributed by atoms with Crippen molar-refractivity contribution in [3.63, 3.8) is 0 Å². The molecule has 1 aromatic carbocycles. The van der Waals surface area contributed by atoms with E-state index in [4.69, 9.17) is 5.73 Å². The predicted molar refractivity (Wildman–Crippen MR) is 78.0 cm³/mol. The highest BCUT2D eigenvalue weighted by Gasteiger charge is 2.12. The Balaban J connectivity index is 2.04. The van der Waals surface area contributed by atoms with Gasteiger partial charge in [-0.2, -0.15) is 0 Å². The highest BCUT2D eigenvalue weighted by atomic mass is 15.2. The molecular weight excluding hydrogens is 222 g/mol. The highest BCUT2D eigenvalue weighted by Crippen LogP contribution is 2.20. The number of likely N-dealkylation sites (N-methyl/N-ethyl adjacent to an activating group) is 1. The standard InChI is InChI=1S/C15H25N3/c1-3-15(16)13-5-7-14(8-6-13)18-10-4-9-17(2)11-12-18/h5-8,15H,3-4,9-12,16H2,1-2H3. The maximum absolute atomic E-state index is 6.05. The minimum atomic E-state index is 0.175. The molecule has 1 aliphatic rings. The lowest BCUT2D eigenvalue weighted by atomic mass is 10.1. The van der Waals surface area contributed by atoms with Gasteiger partial charge in [-0.1, -0.05) is 19.1 Å². The summed E-state index contributed by atoms with van der Waals surface area (Å²) in [6.07, 6.45) is 2.24. The lowest BCUT2D eigenvalue weighted by Gasteiger charge is -2.23. The van der Waals surface area contributed by atoms with Crippen molar-refractivity contribution < 1.29 is 0 Å². The Morgan fingerprint density at radius 1 is 1.11 bits per heavy atom. The SMILES string of the molecule is CCC(N)c1ccc(N2CCCN(C)CC2)cc1. The van der Waals surface area contributed by atoms with Gasteiger partial charge in [0, 0.05) is 31.4 Å². The number of hydrogen-bond donors (Lipinski definition) is 1. The van der Waals surface area contributed by atoms with Gasteiger partial charge in [-0.25, -0.2) is 0 Å². The first-order valence-electron chi connectivity index (χ1n) is 6.99. The molecule has 18 heavy (non-hydrogen) atoms. The molecule has 1 aromatic rings. The van der Waals surface area contributed by atoms with E-state index in [0.29, 0.717) is 0 Å². The number of anilines is 1. The second-order valence-electron chi connectivity index (χ2n) is 5.25. The first-order valence-corrected chi connectivity index (χ1v) is 6.99. The van der Waals surface area contributed by atoms with Gasteiger partial charge in [0.1, 0.15) is 0 Å². The van der Waals surface area contributed by atoms with E-state index in [1.807, 2.05) is 0 Å². The molecule has 1 aliphatic heterocycles. The molecule has 0 spiro atoms. The van der Waals surface area contributed by atoms with Crippen molar-refractivity contribution >= 4 is 5.69 Å². The molecule has 0 aliphatic carbocycles. The summed E-state index contributed by atoms with van der Waals surface area (Å²) in [5, 5.41) is 0. The maximum atomic E-state index is 6.05. The van der Waals surface area contributed by atoms with E-state index < -0.39 is 0 Å². The fourth-order valence-corrected chi connectivity index (χ4v) is 2.47. The Kier molecular flexibility index (Phi) is 4.61. The van der Waals surface area contributed by atoms with Crippen molar-refractivity contribution in [1.29, 1.82) is 0 Å². The van der Waals surface area contributed by atoms with Crippen molar-refractivity contribution in [2.75, 3.05) is 38.1 Å². The first-order chi connectivity index (χ1) is 8.70. The van der Waals surface area contributed by atoms with Crippen LogP contribution in [0.3, 0.4) is 0 Å². The van der Waals surface area contributed by atoms with E-state index >= 15 is 0 Å². The van der Waals surface area contributed by atoms with Gasteiger partial charge in [-0.15, -0.1) is 0 Å². The Morgan fingerprint density at radius 3 is 2.50 bits per heavy atom. The summed E-state index contributed by atoms with van der Waals surface area (Å²) in [5.41, 5.74) is 8.62. The van der Waals surface area contributed by atoms with Crippen LogP contribution < -0.4 is 10.6 Å². The van der Waals surface area contributed by atoms with Crippen LogP contribution in [0.2, 0.25) is 0 Å². The third-order valence-electron chi connectivity index (χ3n) is 3.85. The van der Waals surface area contributed by atoms with Crippen LogP contribution in [0.5, 0.6) is 0 Å². The first kappa shape index (κ1) is 13.4. The zero-order valence-electron chi connectivity index (χ0n) is 11.6. The molecule has 0 saturated carbocycles. The molecule has 0 radical (unpaired) electrons. The lowest BCUT2D eigenvalue weighted by Crippen LogP contribution is -2.28. The van der Waals surface area contributed by atoms with Crippen molar-refractivity contribution in [2.24, 2.45) is 5.73 Å². The molecule has 0 aromatic heterocycles. The van der Waals surface area contributed by atoms with Crippen LogP contribution in [0, 0.1) is 0 Å². The molecule has 1 heterocycles. The Labute approximate surface area is 111 Å². The largest absolute Gasteiger partial charge is 0.370 e. The Hall–Kier alpha value is -1.06. The summed E-state index contributed by atoms with van der Waals surface area (Å²) in [6.45, 7) is 6.76. The molecule has 3 nitrogen and oxygen atoms in total. The third kappa shape index (κ3) is 3.24. The van der Waals surface area contributed by atoms with Crippen LogP contribution >= 0.6 is 0 Å². The maximum Gasteiger partial charge on any atom is 0.0366 e. The summed E-state index contributed by atoms with van der Waals surface area (Å²) < 4.78 is 0. The molecule has 2 N–H and O–H groups in total. The highest BCUT2D eigenvalue weighted by molar-refractivity contribution is 5.48. The second-order valence-corrected chi connectivity index (χ2v) is 5.25. The lowest BCUT2D eigenvalue weighted by molar-refractivity contribution is 0.360. The van der Waals surface area contributed by atoms with Crippen molar-refractivity contribution in [1.82, 2.24) is 4.90 Å². The summed E-state index contributed by atoms with van der Waals surface area (Å²) in [7, 11) is 2.20. The predicted octanol–water partition coefficient (Wildman–Crippen LogP) is 2.24. The van der Waals surface area contributed by atoms with Gasteiger partial charge in [0.15, 0.2) is 0 Å². The quantitative estimate of drug-likeness (QED) is 0.889. The Morgan fingerprint density at radius 2 is 1.83 bits per heavy atom. The topological polar surface area (TPSA) is 32.5 Å². The molecular formula is C15H25N3. The summed E-state index contributed by atoms with van der Waals surface area (Å²) >= 11 is 0. The van der Waals surface area contributed by atoms with E-state index in [2.05, 4.69) is 48.0 Å². The average Bonchev–Trinajstić information content (AvgIpc) is 2.63. The van der Waals surface area contributed by atoms with Gasteiger partial charge < -0.3 is 15.5 Å². The molecule has 0 bridgehead atoms. The number of rotatable bonds is 3. The normalized spacial score (nSPS) is 19.6. The fourth-order valence-electron chi connectivity index (χ4n) is 2.47. The third-order valence-corrected chi connectivity index (χ3v) is 3.85. The van der Waals surface area contributed by atoms with Gasteiger partial charge in [0.2, 0.25) is 0 Å². The Bertz CT molecular complexity index is 361. The molecule has 3 heteroatoms. The second kappa shape index (κ2) is 6.21. The van der Waals surface area contributed by atoms with Crippen LogP contribution in [0.4, 0.5) is 5.69 Å². The average molecular weight is 247 g/mol. The number of nitrogens with zero attached hydrogens (tertiary/aromatic N) is 2. The van der Waals surface area contributed by atoms with Crippen molar-refractivity contribution in [3.05, 3.63) is 29.8 Å². The smallest absolute Gasteiger partial charge is 0.0366 e. The van der Waals surface area contributed by atoms with Crippen molar-refractivity contribution in [2.45, 2.75) is 25.8 Å². The van der Waals surface area contributed by atoms with Gasteiger partial charge in [-0.05, 0) is 44.1 Å². The van der Waals surface area contributed by atoms with E-state index in [1.54, 1.807) is 0 Å². The fraction of sp³-hybridized carbons (Fsp3) is 0.600.